The van der Waals surface area contributed by atoms with Crippen LogP contribution in [0.15, 0.2) is 24.3 Å². The molecule has 2 N–H and O–H groups in total. The third-order valence-corrected chi connectivity index (χ3v) is 3.68. The highest BCUT2D eigenvalue weighted by molar-refractivity contribution is 5.97. The first-order valence-corrected chi connectivity index (χ1v) is 8.86. The van der Waals surface area contributed by atoms with Gasteiger partial charge in [-0.25, -0.2) is 9.59 Å². The molecule has 1 aromatic rings. The average molecular weight is 398 g/mol. The Hall–Kier alpha value is -3.45. The van der Waals surface area contributed by atoms with Gasteiger partial charge in [0.25, 0.3) is 5.91 Å². The molecule has 0 radical (unpaired) electrons. The second kappa shape index (κ2) is 9.66. The van der Waals surface area contributed by atoms with Crippen molar-refractivity contribution >= 4 is 18.0 Å². The molecule has 1 aromatic carbocycles. The van der Waals surface area contributed by atoms with Gasteiger partial charge in [0, 0.05) is 11.1 Å². The summed E-state index contributed by atoms with van der Waals surface area (Å²) in [5.74, 6) is 6.20. The highest BCUT2D eigenvalue weighted by Crippen LogP contribution is 2.15. The van der Waals surface area contributed by atoms with Crippen molar-refractivity contribution in [3.8, 4) is 24.2 Å². The van der Waals surface area contributed by atoms with Crippen molar-refractivity contribution in [2.24, 2.45) is 0 Å². The van der Waals surface area contributed by atoms with Crippen LogP contribution >= 0.6 is 0 Å². The van der Waals surface area contributed by atoms with Crippen molar-refractivity contribution in [1.82, 2.24) is 10.6 Å². The smallest absolute Gasteiger partial charge is 0.408 e. The van der Waals surface area contributed by atoms with Gasteiger partial charge in [-0.1, -0.05) is 5.92 Å². The largest absolute Gasteiger partial charge is 0.467 e. The normalized spacial score (nSPS) is 11.8. The molecule has 7 nitrogen and oxygen atoms in total. The van der Waals surface area contributed by atoms with E-state index < -0.39 is 35.2 Å². The average Bonchev–Trinajstić information content (AvgIpc) is 2.61. The Bertz CT molecular complexity index is 862. The van der Waals surface area contributed by atoms with Crippen molar-refractivity contribution in [3.63, 3.8) is 0 Å². The Morgan fingerprint density at radius 2 is 1.66 bits per heavy atom. The van der Waals surface area contributed by atoms with Gasteiger partial charge in [-0.2, -0.15) is 0 Å². The molecule has 0 aromatic heterocycles. The second-order valence-electron chi connectivity index (χ2n) is 7.75. The zero-order valence-corrected chi connectivity index (χ0v) is 17.5. The fourth-order valence-electron chi connectivity index (χ4n) is 2.32. The van der Waals surface area contributed by atoms with Crippen LogP contribution in [0.3, 0.4) is 0 Å². The van der Waals surface area contributed by atoms with Crippen molar-refractivity contribution in [1.29, 1.82) is 0 Å². The van der Waals surface area contributed by atoms with Gasteiger partial charge in [-0.15, -0.1) is 6.42 Å². The van der Waals surface area contributed by atoms with Crippen LogP contribution in [0.25, 0.3) is 0 Å². The number of hydrogen-bond acceptors (Lipinski definition) is 5. The van der Waals surface area contributed by atoms with Crippen LogP contribution in [0.4, 0.5) is 4.79 Å². The van der Waals surface area contributed by atoms with Crippen LogP contribution in [-0.4, -0.2) is 42.3 Å². The highest BCUT2D eigenvalue weighted by atomic mass is 16.6. The number of nitrogens with one attached hydrogen (secondary N) is 2. The zero-order valence-electron chi connectivity index (χ0n) is 17.5. The van der Waals surface area contributed by atoms with E-state index in [0.717, 1.165) is 0 Å². The van der Waals surface area contributed by atoms with Crippen molar-refractivity contribution in [3.05, 3.63) is 35.4 Å². The standard InChI is InChI=1S/C22H26N2O5/c1-8-9-10-15-11-13-16(14-12-15)18(25)23-17(19(26)28-7)22(5,6)24-20(27)29-21(2,3)4/h1,11-14,17H,2-7H3,(H,23,25)(H,24,27). The Morgan fingerprint density at radius 3 is 2.14 bits per heavy atom. The van der Waals surface area contributed by atoms with Gasteiger partial charge < -0.3 is 20.1 Å². The van der Waals surface area contributed by atoms with Crippen LogP contribution in [0.5, 0.6) is 0 Å². The number of methoxy groups -OCH3 is 1. The van der Waals surface area contributed by atoms with Crippen molar-refractivity contribution in [2.75, 3.05) is 7.11 Å². The fourth-order valence-corrected chi connectivity index (χ4v) is 2.32. The van der Waals surface area contributed by atoms with E-state index >= 15 is 0 Å². The molecule has 0 aliphatic rings. The molecular formula is C22H26N2O5. The fraction of sp³-hybridized carbons (Fsp3) is 0.409. The van der Waals surface area contributed by atoms with E-state index in [4.69, 9.17) is 15.9 Å². The number of ether oxygens (including phenoxy) is 2. The molecule has 1 atom stereocenters. The van der Waals surface area contributed by atoms with E-state index in [1.807, 2.05) is 0 Å². The molecule has 1 rings (SSSR count). The lowest BCUT2D eigenvalue weighted by atomic mass is 9.94. The quantitative estimate of drug-likeness (QED) is 0.586. The van der Waals surface area contributed by atoms with Crippen LogP contribution < -0.4 is 10.6 Å². The number of terminal acetylenes is 1. The molecule has 0 saturated heterocycles. The summed E-state index contributed by atoms with van der Waals surface area (Å²) in [5, 5.41) is 5.21. The molecule has 29 heavy (non-hydrogen) atoms. The van der Waals surface area contributed by atoms with Gasteiger partial charge in [-0.05, 0) is 70.7 Å². The second-order valence-corrected chi connectivity index (χ2v) is 7.75. The van der Waals surface area contributed by atoms with E-state index in [-0.39, 0.29) is 0 Å². The van der Waals surface area contributed by atoms with E-state index in [0.29, 0.717) is 11.1 Å². The Kier molecular flexibility index (Phi) is 7.85. The van der Waals surface area contributed by atoms with E-state index in [9.17, 15) is 14.4 Å². The number of benzene rings is 1. The first kappa shape index (κ1) is 23.6. The number of alkyl carbamates (subject to hydrolysis) is 1. The number of carbonyl (C=O) groups excluding carboxylic acids is 3. The lowest BCUT2D eigenvalue weighted by Crippen LogP contribution is -2.62. The predicted octanol–water partition coefficient (Wildman–Crippen LogP) is 2.25. The maximum absolute atomic E-state index is 12.6. The maximum Gasteiger partial charge on any atom is 0.408 e. The molecule has 0 aliphatic carbocycles. The number of hydrogen-bond donors (Lipinski definition) is 2. The van der Waals surface area contributed by atoms with Gasteiger partial charge in [0.2, 0.25) is 0 Å². The summed E-state index contributed by atoms with van der Waals surface area (Å²) in [4.78, 5) is 37.1. The third kappa shape index (κ3) is 7.59. The molecule has 7 heteroatoms. The van der Waals surface area contributed by atoms with Gasteiger partial charge in [0.15, 0.2) is 0 Å². The Labute approximate surface area is 171 Å². The van der Waals surface area contributed by atoms with Crippen LogP contribution in [-0.2, 0) is 14.3 Å². The van der Waals surface area contributed by atoms with E-state index in [2.05, 4.69) is 28.4 Å². The highest BCUT2D eigenvalue weighted by Gasteiger charge is 2.39. The summed E-state index contributed by atoms with van der Waals surface area (Å²) >= 11 is 0. The molecule has 2 amide bonds. The first-order valence-electron chi connectivity index (χ1n) is 8.86. The zero-order chi connectivity index (χ0) is 22.2. The topological polar surface area (TPSA) is 93.7 Å². The number of esters is 1. The minimum atomic E-state index is -1.19. The molecule has 154 valence electrons. The summed E-state index contributed by atoms with van der Waals surface area (Å²) in [7, 11) is 1.20. The molecule has 0 spiro atoms. The monoisotopic (exact) mass is 398 g/mol. The minimum Gasteiger partial charge on any atom is -0.467 e. The van der Waals surface area contributed by atoms with E-state index in [1.54, 1.807) is 58.9 Å². The molecule has 0 saturated carbocycles. The molecule has 0 fully saturated rings. The number of rotatable bonds is 5. The number of amides is 2. The van der Waals surface area contributed by atoms with Crippen LogP contribution in [0.2, 0.25) is 0 Å². The Morgan fingerprint density at radius 1 is 1.07 bits per heavy atom. The predicted molar refractivity (Wildman–Crippen MR) is 109 cm³/mol. The van der Waals surface area contributed by atoms with Gasteiger partial charge in [0.1, 0.15) is 11.6 Å². The maximum atomic E-state index is 12.6. The summed E-state index contributed by atoms with van der Waals surface area (Å²) in [6.45, 7) is 8.32. The summed E-state index contributed by atoms with van der Waals surface area (Å²) < 4.78 is 10.0. The molecule has 0 aliphatic heterocycles. The number of carbonyl (C=O) groups is 3. The SMILES string of the molecule is C#CC#Cc1ccc(C(=O)NC(C(=O)OC)C(C)(C)NC(=O)OC(C)(C)C)cc1. The molecule has 0 heterocycles. The van der Waals surface area contributed by atoms with Gasteiger partial charge >= 0.3 is 12.1 Å². The summed E-state index contributed by atoms with van der Waals surface area (Å²) in [6.07, 6.45) is 4.37. The lowest BCUT2D eigenvalue weighted by Gasteiger charge is -2.34. The van der Waals surface area contributed by atoms with Crippen LogP contribution in [0.1, 0.15) is 50.5 Å². The Balaban J connectivity index is 3.00. The lowest BCUT2D eigenvalue weighted by molar-refractivity contribution is -0.144. The van der Waals surface area contributed by atoms with Crippen LogP contribution in [0, 0.1) is 24.2 Å². The summed E-state index contributed by atoms with van der Waals surface area (Å²) in [6, 6.07) is 5.22. The first-order chi connectivity index (χ1) is 13.4. The van der Waals surface area contributed by atoms with Crippen molar-refractivity contribution in [2.45, 2.75) is 51.8 Å². The minimum absolute atomic E-state index is 0.304. The van der Waals surface area contributed by atoms with Gasteiger partial charge in [0.05, 0.1) is 12.6 Å². The van der Waals surface area contributed by atoms with E-state index in [1.165, 1.54) is 7.11 Å². The summed E-state index contributed by atoms with van der Waals surface area (Å²) in [5.41, 5.74) is -0.952. The van der Waals surface area contributed by atoms with Gasteiger partial charge in [-0.3, -0.25) is 4.79 Å². The molecule has 1 unspecified atom stereocenters. The molecular weight excluding hydrogens is 372 g/mol. The third-order valence-electron chi connectivity index (χ3n) is 3.68. The molecule has 0 bridgehead atoms. The van der Waals surface area contributed by atoms with Crippen molar-refractivity contribution < 1.29 is 23.9 Å².